The van der Waals surface area contributed by atoms with Crippen LogP contribution in [0.5, 0.6) is 0 Å². The van der Waals surface area contributed by atoms with Gasteiger partial charge in [-0.25, -0.2) is 4.68 Å². The molecule has 1 rings (SSSR count). The molecule has 0 aliphatic rings. The highest BCUT2D eigenvalue weighted by molar-refractivity contribution is 5.91. The van der Waals surface area contributed by atoms with Gasteiger partial charge in [0.25, 0.3) is 5.91 Å². The summed E-state index contributed by atoms with van der Waals surface area (Å²) in [6.45, 7) is 7.35. The number of hydrogen-bond acceptors (Lipinski definition) is 3. The Morgan fingerprint density at radius 1 is 1.32 bits per heavy atom. The first-order valence-electron chi connectivity index (χ1n) is 7.28. The van der Waals surface area contributed by atoms with Crippen LogP contribution in [0.2, 0.25) is 0 Å². The molecule has 0 fully saturated rings. The van der Waals surface area contributed by atoms with Crippen molar-refractivity contribution in [3.63, 3.8) is 0 Å². The summed E-state index contributed by atoms with van der Waals surface area (Å²) in [6, 6.07) is 0. The average molecular weight is 266 g/mol. The van der Waals surface area contributed by atoms with Crippen molar-refractivity contribution in [3.05, 3.63) is 11.4 Å². The van der Waals surface area contributed by atoms with E-state index in [-0.39, 0.29) is 0 Å². The quantitative estimate of drug-likeness (QED) is 0.698. The van der Waals surface area contributed by atoms with Gasteiger partial charge in [0.05, 0.1) is 5.69 Å². The fraction of sp³-hybridized carbons (Fsp3) is 0.786. The van der Waals surface area contributed by atoms with Gasteiger partial charge in [0.15, 0.2) is 5.69 Å². The minimum atomic E-state index is -0.474. The molecule has 5 heteroatoms. The molecule has 0 atom stereocenters. The van der Waals surface area contributed by atoms with E-state index in [1.165, 1.54) is 19.3 Å². The topological polar surface area (TPSA) is 73.8 Å². The fourth-order valence-electron chi connectivity index (χ4n) is 2.07. The number of primary amides is 1. The smallest absolute Gasteiger partial charge is 0.271 e. The van der Waals surface area contributed by atoms with E-state index in [2.05, 4.69) is 31.1 Å². The van der Waals surface area contributed by atoms with Crippen molar-refractivity contribution in [2.24, 2.45) is 11.7 Å². The summed E-state index contributed by atoms with van der Waals surface area (Å²) in [7, 11) is 0. The molecule has 0 bridgehead atoms. The number of aromatic nitrogens is 3. The monoisotopic (exact) mass is 266 g/mol. The number of nitrogens with two attached hydrogens (primary N) is 1. The summed E-state index contributed by atoms with van der Waals surface area (Å²) in [5, 5.41) is 8.01. The molecule has 0 unspecified atom stereocenters. The Morgan fingerprint density at radius 2 is 2.05 bits per heavy atom. The minimum absolute atomic E-state index is 0.344. The summed E-state index contributed by atoms with van der Waals surface area (Å²) in [5.41, 5.74) is 6.60. The van der Waals surface area contributed by atoms with Crippen molar-refractivity contribution >= 4 is 5.91 Å². The van der Waals surface area contributed by atoms with Crippen LogP contribution >= 0.6 is 0 Å². The molecule has 1 aromatic heterocycles. The first-order chi connectivity index (χ1) is 9.06. The van der Waals surface area contributed by atoms with Gasteiger partial charge in [-0.2, -0.15) is 0 Å². The maximum absolute atomic E-state index is 11.4. The predicted octanol–water partition coefficient (Wildman–Crippen LogP) is 2.55. The molecule has 0 aliphatic carbocycles. The van der Waals surface area contributed by atoms with E-state index >= 15 is 0 Å². The van der Waals surface area contributed by atoms with Gasteiger partial charge >= 0.3 is 0 Å². The Bertz CT molecular complexity index is 398. The summed E-state index contributed by atoms with van der Waals surface area (Å²) in [4.78, 5) is 11.4. The first kappa shape index (κ1) is 15.7. The number of unbranched alkanes of at least 4 members (excludes halogenated alkanes) is 3. The molecule has 19 heavy (non-hydrogen) atoms. The van der Waals surface area contributed by atoms with Gasteiger partial charge in [0.1, 0.15) is 0 Å². The third-order valence-electron chi connectivity index (χ3n) is 3.25. The number of hydrogen-bond donors (Lipinski definition) is 1. The van der Waals surface area contributed by atoms with Crippen molar-refractivity contribution in [2.45, 2.75) is 65.8 Å². The Hall–Kier alpha value is -1.39. The van der Waals surface area contributed by atoms with Crippen LogP contribution in [0.15, 0.2) is 0 Å². The molecule has 0 aromatic carbocycles. The zero-order valence-electron chi connectivity index (χ0n) is 12.4. The molecule has 2 N–H and O–H groups in total. The van der Waals surface area contributed by atoms with Crippen LogP contribution in [-0.2, 0) is 13.0 Å². The van der Waals surface area contributed by atoms with Gasteiger partial charge in [-0.1, -0.05) is 45.2 Å². The Balaban J connectivity index is 2.70. The van der Waals surface area contributed by atoms with Crippen LogP contribution < -0.4 is 5.73 Å². The van der Waals surface area contributed by atoms with Gasteiger partial charge in [0, 0.05) is 6.54 Å². The first-order valence-corrected chi connectivity index (χ1v) is 7.28. The van der Waals surface area contributed by atoms with Crippen molar-refractivity contribution in [1.29, 1.82) is 0 Å². The number of rotatable bonds is 9. The number of carbonyl (C=O) groups is 1. The molecule has 5 nitrogen and oxygen atoms in total. The predicted molar refractivity (Wildman–Crippen MR) is 75.8 cm³/mol. The van der Waals surface area contributed by atoms with Crippen LogP contribution in [-0.4, -0.2) is 20.9 Å². The summed E-state index contributed by atoms with van der Waals surface area (Å²) >= 11 is 0. The molecule has 0 spiro atoms. The van der Waals surface area contributed by atoms with E-state index in [4.69, 9.17) is 5.73 Å². The second-order valence-electron chi connectivity index (χ2n) is 5.47. The summed E-state index contributed by atoms with van der Waals surface area (Å²) in [6.07, 6.45) is 6.54. The SMILES string of the molecule is CCCCCCn1nnc(C(N)=O)c1CCC(C)C. The number of amides is 1. The number of aryl methyl sites for hydroxylation is 1. The Kier molecular flexibility index (Phi) is 6.53. The van der Waals surface area contributed by atoms with Crippen LogP contribution in [0, 0.1) is 5.92 Å². The van der Waals surface area contributed by atoms with Gasteiger partial charge < -0.3 is 5.73 Å². The molecule has 1 aromatic rings. The lowest BCUT2D eigenvalue weighted by molar-refractivity contribution is 0.0994. The molecule has 0 aliphatic heterocycles. The van der Waals surface area contributed by atoms with Crippen molar-refractivity contribution < 1.29 is 4.79 Å². The maximum atomic E-state index is 11.4. The molecule has 1 amide bonds. The zero-order valence-corrected chi connectivity index (χ0v) is 12.4. The van der Waals surface area contributed by atoms with Crippen molar-refractivity contribution in [3.8, 4) is 0 Å². The van der Waals surface area contributed by atoms with E-state index in [1.54, 1.807) is 0 Å². The molecule has 108 valence electrons. The van der Waals surface area contributed by atoms with E-state index < -0.39 is 5.91 Å². The lowest BCUT2D eigenvalue weighted by Gasteiger charge is -2.08. The molecule has 0 saturated carbocycles. The largest absolute Gasteiger partial charge is 0.364 e. The number of nitrogens with zero attached hydrogens (tertiary/aromatic N) is 3. The van der Waals surface area contributed by atoms with Gasteiger partial charge in [-0.15, -0.1) is 5.10 Å². The zero-order chi connectivity index (χ0) is 14.3. The lowest BCUT2D eigenvalue weighted by Crippen LogP contribution is -2.16. The third-order valence-corrected chi connectivity index (χ3v) is 3.25. The molecular formula is C14H26N4O. The average Bonchev–Trinajstić information content (AvgIpc) is 2.75. The van der Waals surface area contributed by atoms with Gasteiger partial charge in [-0.05, 0) is 25.2 Å². The van der Waals surface area contributed by atoms with E-state index in [0.29, 0.717) is 11.6 Å². The normalized spacial score (nSPS) is 11.2. The Morgan fingerprint density at radius 3 is 2.63 bits per heavy atom. The van der Waals surface area contributed by atoms with Crippen LogP contribution in [0.4, 0.5) is 0 Å². The van der Waals surface area contributed by atoms with Gasteiger partial charge in [0.2, 0.25) is 0 Å². The standard InChI is InChI=1S/C14H26N4O/c1-4-5-6-7-10-18-12(9-8-11(2)3)13(14(15)19)16-17-18/h11H,4-10H2,1-3H3,(H2,15,19). The molecule has 0 saturated heterocycles. The fourth-order valence-corrected chi connectivity index (χ4v) is 2.07. The van der Waals surface area contributed by atoms with E-state index in [0.717, 1.165) is 31.5 Å². The number of carbonyl (C=O) groups excluding carboxylic acids is 1. The molecule has 1 heterocycles. The van der Waals surface area contributed by atoms with Crippen molar-refractivity contribution in [1.82, 2.24) is 15.0 Å². The second kappa shape index (κ2) is 7.92. The molecular weight excluding hydrogens is 240 g/mol. The highest BCUT2D eigenvalue weighted by atomic mass is 16.1. The maximum Gasteiger partial charge on any atom is 0.271 e. The highest BCUT2D eigenvalue weighted by Crippen LogP contribution is 2.13. The van der Waals surface area contributed by atoms with E-state index in [9.17, 15) is 4.79 Å². The van der Waals surface area contributed by atoms with Crippen molar-refractivity contribution in [2.75, 3.05) is 0 Å². The van der Waals surface area contributed by atoms with Gasteiger partial charge in [-0.3, -0.25) is 4.79 Å². The summed E-state index contributed by atoms with van der Waals surface area (Å²) < 4.78 is 1.86. The minimum Gasteiger partial charge on any atom is -0.364 e. The van der Waals surface area contributed by atoms with Crippen LogP contribution in [0.25, 0.3) is 0 Å². The third kappa shape index (κ3) is 5.01. The van der Waals surface area contributed by atoms with Crippen LogP contribution in [0.1, 0.15) is 69.1 Å². The molecule has 0 radical (unpaired) electrons. The highest BCUT2D eigenvalue weighted by Gasteiger charge is 2.17. The second-order valence-corrected chi connectivity index (χ2v) is 5.47. The Labute approximate surface area is 115 Å². The van der Waals surface area contributed by atoms with Crippen LogP contribution in [0.3, 0.4) is 0 Å². The van der Waals surface area contributed by atoms with E-state index in [1.807, 2.05) is 4.68 Å². The summed E-state index contributed by atoms with van der Waals surface area (Å²) in [5.74, 6) is 0.114. The lowest BCUT2D eigenvalue weighted by atomic mass is 10.0.